The maximum Gasteiger partial charge on any atom is 0.224 e. The van der Waals surface area contributed by atoms with Gasteiger partial charge in [0.2, 0.25) is 5.91 Å². The van der Waals surface area contributed by atoms with Gasteiger partial charge in [-0.25, -0.2) is 9.97 Å². The van der Waals surface area contributed by atoms with E-state index in [9.17, 15) is 9.59 Å². The number of nitrogens with one attached hydrogen (secondary N) is 3. The summed E-state index contributed by atoms with van der Waals surface area (Å²) in [5, 5.41) is 11.2. The zero-order valence-electron chi connectivity index (χ0n) is 21.4. The van der Waals surface area contributed by atoms with Crippen LogP contribution in [0.2, 0.25) is 0 Å². The number of aromatic amines is 2. The van der Waals surface area contributed by atoms with Crippen LogP contribution in [0.4, 0.5) is 5.69 Å². The molecule has 0 aliphatic heterocycles. The van der Waals surface area contributed by atoms with E-state index in [1.54, 1.807) is 37.9 Å². The van der Waals surface area contributed by atoms with Crippen molar-refractivity contribution in [3.63, 3.8) is 0 Å². The lowest BCUT2D eigenvalue weighted by molar-refractivity contribution is -0.116. The number of thiophene rings is 1. The molecular weight excluding hydrogens is 512 g/mol. The van der Waals surface area contributed by atoms with Crippen LogP contribution in [0.15, 0.2) is 55.2 Å². The van der Waals surface area contributed by atoms with Crippen molar-refractivity contribution < 1.29 is 9.59 Å². The lowest BCUT2D eigenvalue weighted by Crippen LogP contribution is -2.13. The summed E-state index contributed by atoms with van der Waals surface area (Å²) in [6, 6.07) is 7.59. The van der Waals surface area contributed by atoms with Crippen molar-refractivity contribution in [2.24, 2.45) is 5.92 Å². The van der Waals surface area contributed by atoms with E-state index in [0.717, 1.165) is 38.0 Å². The molecule has 0 fully saturated rings. The first-order valence-electron chi connectivity index (χ1n) is 12.4. The summed E-state index contributed by atoms with van der Waals surface area (Å²) < 4.78 is 0. The molecule has 0 radical (unpaired) electrons. The number of carbonyl (C=O) groups excluding carboxylic acids is 2. The summed E-state index contributed by atoms with van der Waals surface area (Å²) in [4.78, 5) is 47.1. The fourth-order valence-corrected chi connectivity index (χ4v) is 5.30. The van der Waals surface area contributed by atoms with E-state index in [1.165, 1.54) is 11.3 Å². The normalized spacial score (nSPS) is 11.5. The summed E-state index contributed by atoms with van der Waals surface area (Å²) >= 11 is 1.42. The van der Waals surface area contributed by atoms with E-state index in [1.807, 2.05) is 38.1 Å². The third kappa shape index (κ3) is 4.79. The summed E-state index contributed by atoms with van der Waals surface area (Å²) in [7, 11) is 0. The highest BCUT2D eigenvalue weighted by Gasteiger charge is 2.18. The molecule has 6 aromatic rings. The van der Waals surface area contributed by atoms with Gasteiger partial charge in [0, 0.05) is 46.6 Å². The molecule has 194 valence electrons. The first-order chi connectivity index (χ1) is 18.9. The van der Waals surface area contributed by atoms with E-state index in [2.05, 4.69) is 35.5 Å². The number of imidazole rings is 1. The van der Waals surface area contributed by atoms with Gasteiger partial charge in [0.05, 0.1) is 33.9 Å². The van der Waals surface area contributed by atoms with Crippen LogP contribution in [0.3, 0.4) is 0 Å². The van der Waals surface area contributed by atoms with Gasteiger partial charge in [-0.3, -0.25) is 24.7 Å². The van der Waals surface area contributed by atoms with Crippen LogP contribution in [-0.2, 0) is 4.79 Å². The predicted molar refractivity (Wildman–Crippen MR) is 151 cm³/mol. The minimum atomic E-state index is -0.0477. The van der Waals surface area contributed by atoms with Crippen molar-refractivity contribution in [1.82, 2.24) is 35.1 Å². The third-order valence-corrected chi connectivity index (χ3v) is 7.42. The number of ketones is 1. The minimum Gasteiger partial charge on any atom is -0.335 e. The zero-order valence-corrected chi connectivity index (χ0v) is 22.3. The molecule has 6 rings (SSSR count). The van der Waals surface area contributed by atoms with Gasteiger partial charge in [-0.2, -0.15) is 5.10 Å². The number of rotatable bonds is 7. The van der Waals surface area contributed by atoms with Gasteiger partial charge < -0.3 is 10.3 Å². The fourth-order valence-electron chi connectivity index (χ4n) is 4.39. The standard InChI is InChI=1S/C28H24N8O2S/c1-14(2)6-24(38)32-18-7-16(9-29-11-18)17-8-19-26(35-36-27(19)31-10-17)28-33-21-13-30-12-20(25(21)34-28)23-5-4-22(39-23)15(3)37/h4-5,7-14H,6H2,1-3H3,(H,32,38)(H,33,34)(H,31,35,36). The molecule has 0 saturated carbocycles. The average molecular weight is 537 g/mol. The van der Waals surface area contributed by atoms with Crippen molar-refractivity contribution in [1.29, 1.82) is 0 Å². The molecule has 0 aliphatic carbocycles. The number of hydrogen-bond donors (Lipinski definition) is 3. The van der Waals surface area contributed by atoms with Gasteiger partial charge in [-0.1, -0.05) is 13.8 Å². The van der Waals surface area contributed by atoms with Crippen molar-refractivity contribution in [2.75, 3.05) is 5.32 Å². The molecule has 0 atom stereocenters. The lowest BCUT2D eigenvalue weighted by Gasteiger charge is -2.08. The van der Waals surface area contributed by atoms with E-state index in [4.69, 9.17) is 4.98 Å². The molecule has 6 aromatic heterocycles. The Balaban J connectivity index is 1.37. The first kappa shape index (κ1) is 24.6. The highest BCUT2D eigenvalue weighted by atomic mass is 32.1. The second kappa shape index (κ2) is 9.84. The molecule has 10 nitrogen and oxygen atoms in total. The van der Waals surface area contributed by atoms with Crippen LogP contribution in [0.5, 0.6) is 0 Å². The van der Waals surface area contributed by atoms with Crippen LogP contribution in [0.25, 0.3) is 55.2 Å². The monoisotopic (exact) mass is 536 g/mol. The molecule has 1 amide bonds. The SMILES string of the molecule is CC(=O)c1ccc(-c2cncc3[nH]c(-c4n[nH]c5ncc(-c6cncc(NC(=O)CC(C)C)c6)cc45)nc23)s1. The summed E-state index contributed by atoms with van der Waals surface area (Å²) in [5.41, 5.74) is 5.84. The third-order valence-electron chi connectivity index (χ3n) is 6.20. The molecule has 0 saturated heterocycles. The number of fused-ring (bicyclic) bond motifs is 2. The number of nitrogens with zero attached hydrogens (tertiary/aromatic N) is 5. The fraction of sp³-hybridized carbons (Fsp3) is 0.179. The molecule has 39 heavy (non-hydrogen) atoms. The Labute approximate surface area is 227 Å². The summed E-state index contributed by atoms with van der Waals surface area (Å²) in [6.45, 7) is 5.56. The number of H-pyrrole nitrogens is 2. The number of hydrogen-bond acceptors (Lipinski definition) is 8. The zero-order chi connectivity index (χ0) is 27.1. The second-order valence-electron chi connectivity index (χ2n) is 9.69. The summed E-state index contributed by atoms with van der Waals surface area (Å²) in [5.74, 6) is 0.814. The molecule has 0 spiro atoms. The lowest BCUT2D eigenvalue weighted by atomic mass is 10.1. The molecule has 0 bridgehead atoms. The van der Waals surface area contributed by atoms with Crippen LogP contribution >= 0.6 is 11.3 Å². The predicted octanol–water partition coefficient (Wildman–Crippen LogP) is 5.87. The van der Waals surface area contributed by atoms with Gasteiger partial charge in [0.25, 0.3) is 0 Å². The molecule has 6 heterocycles. The molecule has 0 unspecified atom stereocenters. The Bertz CT molecular complexity index is 1870. The second-order valence-corrected chi connectivity index (χ2v) is 10.8. The smallest absolute Gasteiger partial charge is 0.224 e. The average Bonchev–Trinajstić information content (AvgIpc) is 3.65. The number of amides is 1. The maximum absolute atomic E-state index is 12.2. The number of aromatic nitrogens is 7. The number of pyridine rings is 3. The van der Waals surface area contributed by atoms with Crippen LogP contribution in [0, 0.1) is 5.92 Å². The highest BCUT2D eigenvalue weighted by Crippen LogP contribution is 2.35. The van der Waals surface area contributed by atoms with Crippen molar-refractivity contribution in [3.8, 4) is 33.1 Å². The van der Waals surface area contributed by atoms with Crippen LogP contribution in [-0.4, -0.2) is 46.8 Å². The van der Waals surface area contributed by atoms with Crippen LogP contribution < -0.4 is 5.32 Å². The Morgan fingerprint density at radius 3 is 2.64 bits per heavy atom. The number of carbonyl (C=O) groups is 2. The van der Waals surface area contributed by atoms with Gasteiger partial charge >= 0.3 is 0 Å². The van der Waals surface area contributed by atoms with Crippen molar-refractivity contribution in [3.05, 3.63) is 60.1 Å². The van der Waals surface area contributed by atoms with E-state index in [-0.39, 0.29) is 17.6 Å². The topological polar surface area (TPSA) is 142 Å². The van der Waals surface area contributed by atoms with Gasteiger partial charge in [-0.15, -0.1) is 11.3 Å². The molecule has 0 aromatic carbocycles. The Hall–Kier alpha value is -4.77. The van der Waals surface area contributed by atoms with Crippen molar-refractivity contribution in [2.45, 2.75) is 27.2 Å². The first-order valence-corrected chi connectivity index (χ1v) is 13.2. The largest absolute Gasteiger partial charge is 0.335 e. The maximum atomic E-state index is 12.2. The Morgan fingerprint density at radius 1 is 1.03 bits per heavy atom. The number of Topliss-reactive ketones (excluding diaryl/α,β-unsaturated/α-hetero) is 1. The Morgan fingerprint density at radius 2 is 1.85 bits per heavy atom. The van der Waals surface area contributed by atoms with E-state index in [0.29, 0.717) is 34.2 Å². The van der Waals surface area contributed by atoms with Gasteiger partial charge in [0.1, 0.15) is 11.2 Å². The van der Waals surface area contributed by atoms with Crippen molar-refractivity contribution >= 4 is 50.8 Å². The van der Waals surface area contributed by atoms with Gasteiger partial charge in [-0.05, 0) is 37.1 Å². The number of anilines is 1. The molecule has 11 heteroatoms. The van der Waals surface area contributed by atoms with Crippen LogP contribution in [0.1, 0.15) is 36.9 Å². The van der Waals surface area contributed by atoms with Gasteiger partial charge in [0.15, 0.2) is 17.3 Å². The quantitative estimate of drug-likeness (QED) is 0.216. The Kier molecular flexibility index (Phi) is 6.20. The minimum absolute atomic E-state index is 0.0269. The van der Waals surface area contributed by atoms with E-state index < -0.39 is 0 Å². The molecular formula is C28H24N8O2S. The molecule has 3 N–H and O–H groups in total. The summed E-state index contributed by atoms with van der Waals surface area (Å²) in [6.07, 6.45) is 9.02. The molecule has 0 aliphatic rings. The highest BCUT2D eigenvalue weighted by molar-refractivity contribution is 7.17. The van der Waals surface area contributed by atoms with E-state index >= 15 is 0 Å².